The van der Waals surface area contributed by atoms with Crippen molar-refractivity contribution < 1.29 is 24.4 Å². The summed E-state index contributed by atoms with van der Waals surface area (Å²) in [5, 5.41) is 8.40. The smallest absolute Gasteiger partial charge is 0.278 e. The minimum atomic E-state index is -0.674. The third-order valence-electron chi connectivity index (χ3n) is 10.1. The number of benzene rings is 2. The van der Waals surface area contributed by atoms with Gasteiger partial charge in [-0.2, -0.15) is 0 Å². The van der Waals surface area contributed by atoms with Crippen molar-refractivity contribution in [2.24, 2.45) is 5.92 Å². The standard InChI is InChI=1S/C34H45N5O4/c1-3-26(35-2)32(40)37-31(22-11-5-4-6-12-22)34(42)39-20-24-19-23-13-7-9-15-28(23)38(24)21-29(39)33(41)36-27-17-18-43-30-16-10-8-14-25(27)30/h7-10,13-16,22,24,26-27,29,31,35H,3-6,11-12,17-21H2,1-2H3,(H,36,41)(H,37,40)/p+1/t24-,26-,27+,29-,31-/m0/s1. The number of quaternary nitrogens is 1. The quantitative estimate of drug-likeness (QED) is 0.439. The van der Waals surface area contributed by atoms with Crippen LogP contribution in [-0.4, -0.2) is 73.5 Å². The van der Waals surface area contributed by atoms with Gasteiger partial charge >= 0.3 is 0 Å². The normalized spacial score (nSPS) is 24.6. The van der Waals surface area contributed by atoms with Crippen LogP contribution < -0.4 is 25.6 Å². The summed E-state index contributed by atoms with van der Waals surface area (Å²) in [5.74, 6) is 0.502. The van der Waals surface area contributed by atoms with Crippen molar-refractivity contribution in [1.29, 1.82) is 0 Å². The third kappa shape index (κ3) is 5.96. The highest BCUT2D eigenvalue weighted by Crippen LogP contribution is 2.37. The lowest BCUT2D eigenvalue weighted by Crippen LogP contribution is -2.89. The monoisotopic (exact) mass is 588 g/mol. The minimum absolute atomic E-state index is 0.0736. The largest absolute Gasteiger partial charge is 0.493 e. The Morgan fingerprint density at radius 3 is 2.56 bits per heavy atom. The van der Waals surface area contributed by atoms with Gasteiger partial charge in [-0.05, 0) is 42.9 Å². The number of amides is 3. The molecule has 230 valence electrons. The molecule has 9 nitrogen and oxygen atoms in total. The van der Waals surface area contributed by atoms with Crippen LogP contribution >= 0.6 is 0 Å². The number of ether oxygens (including phenoxy) is 1. The number of piperazine rings is 1. The van der Waals surface area contributed by atoms with Gasteiger partial charge in [-0.25, -0.2) is 0 Å². The summed E-state index contributed by atoms with van der Waals surface area (Å²) in [6.07, 6.45) is 7.28. The van der Waals surface area contributed by atoms with Gasteiger partial charge in [0.05, 0.1) is 25.7 Å². The molecule has 3 heterocycles. The molecule has 3 amide bonds. The van der Waals surface area contributed by atoms with E-state index >= 15 is 0 Å². The number of likely N-dealkylation sites (N-methyl/N-ethyl adjacent to an activating group) is 1. The molecule has 6 rings (SSSR count). The number of nitrogens with two attached hydrogens (primary N) is 1. The molecule has 1 saturated carbocycles. The van der Waals surface area contributed by atoms with E-state index in [-0.39, 0.29) is 41.8 Å². The Morgan fingerprint density at radius 1 is 1.00 bits per heavy atom. The molecule has 2 aromatic carbocycles. The fraction of sp³-hybridized carbons (Fsp3) is 0.559. The van der Waals surface area contributed by atoms with Gasteiger partial charge in [0, 0.05) is 37.2 Å². The van der Waals surface area contributed by atoms with Gasteiger partial charge in [0.25, 0.3) is 5.91 Å². The number of rotatable bonds is 8. The molecular weight excluding hydrogens is 542 g/mol. The Morgan fingerprint density at radius 2 is 1.77 bits per heavy atom. The number of hydrogen-bond acceptors (Lipinski definition) is 5. The Hall–Kier alpha value is -3.59. The van der Waals surface area contributed by atoms with Crippen LogP contribution in [0.3, 0.4) is 0 Å². The topological polar surface area (TPSA) is 108 Å². The SMILES string of the molecule is CC[C@H]([NH2+]C)C(=O)N[C@H](C(=O)N1C[C@@H]2Cc3ccccc3N2C[C@H]1C(=O)N[C@@H]1CCOc2ccccc21)C1CCCCC1. The van der Waals surface area contributed by atoms with E-state index in [1.807, 2.05) is 54.5 Å². The van der Waals surface area contributed by atoms with E-state index in [4.69, 9.17) is 4.74 Å². The average Bonchev–Trinajstić information content (AvgIpc) is 3.41. The maximum Gasteiger partial charge on any atom is 0.278 e. The molecule has 3 aliphatic heterocycles. The van der Waals surface area contributed by atoms with Crippen molar-refractivity contribution in [1.82, 2.24) is 15.5 Å². The molecule has 9 heteroatoms. The van der Waals surface area contributed by atoms with Crippen molar-refractivity contribution in [3.8, 4) is 5.75 Å². The highest BCUT2D eigenvalue weighted by molar-refractivity contribution is 5.94. The van der Waals surface area contributed by atoms with E-state index in [0.29, 0.717) is 32.5 Å². The van der Waals surface area contributed by atoms with Crippen LogP contribution in [0.15, 0.2) is 48.5 Å². The van der Waals surface area contributed by atoms with Gasteiger partial charge in [0.1, 0.15) is 17.8 Å². The van der Waals surface area contributed by atoms with Crippen LogP contribution in [0.25, 0.3) is 0 Å². The van der Waals surface area contributed by atoms with Crippen molar-refractivity contribution >= 4 is 23.4 Å². The minimum Gasteiger partial charge on any atom is -0.493 e. The number of para-hydroxylation sites is 2. The molecule has 2 fully saturated rings. The summed E-state index contributed by atoms with van der Waals surface area (Å²) in [5.41, 5.74) is 3.37. The molecule has 0 spiro atoms. The van der Waals surface area contributed by atoms with E-state index in [9.17, 15) is 14.4 Å². The Labute approximate surface area is 254 Å². The van der Waals surface area contributed by atoms with Crippen LogP contribution in [0.2, 0.25) is 0 Å². The molecule has 2 aromatic rings. The average molecular weight is 589 g/mol. The van der Waals surface area contributed by atoms with Gasteiger partial charge in [0.15, 0.2) is 6.04 Å². The lowest BCUT2D eigenvalue weighted by Gasteiger charge is -2.46. The first-order valence-corrected chi connectivity index (χ1v) is 16.3. The highest BCUT2D eigenvalue weighted by Gasteiger charge is 2.47. The Bertz CT molecular complexity index is 1320. The third-order valence-corrected chi connectivity index (χ3v) is 10.1. The summed E-state index contributed by atoms with van der Waals surface area (Å²) in [4.78, 5) is 46.4. The van der Waals surface area contributed by atoms with Crippen molar-refractivity contribution in [2.75, 3.05) is 31.6 Å². The summed E-state index contributed by atoms with van der Waals surface area (Å²) in [7, 11) is 1.90. The Balaban J connectivity index is 1.30. The maximum absolute atomic E-state index is 14.7. The second kappa shape index (κ2) is 13.0. The summed E-state index contributed by atoms with van der Waals surface area (Å²) in [6, 6.07) is 14.6. The van der Waals surface area contributed by atoms with Crippen LogP contribution in [0.4, 0.5) is 5.69 Å². The summed E-state index contributed by atoms with van der Waals surface area (Å²) < 4.78 is 5.84. The first-order chi connectivity index (χ1) is 21.0. The van der Waals surface area contributed by atoms with Crippen molar-refractivity contribution in [3.05, 3.63) is 59.7 Å². The van der Waals surface area contributed by atoms with E-state index in [1.165, 1.54) is 5.56 Å². The van der Waals surface area contributed by atoms with E-state index in [1.54, 1.807) is 0 Å². The number of carbonyl (C=O) groups excluding carboxylic acids is 3. The Kier molecular flexibility index (Phi) is 8.88. The molecule has 5 atom stereocenters. The first-order valence-electron chi connectivity index (χ1n) is 16.3. The second-order valence-corrected chi connectivity index (χ2v) is 12.6. The highest BCUT2D eigenvalue weighted by atomic mass is 16.5. The maximum atomic E-state index is 14.7. The molecule has 0 radical (unpaired) electrons. The van der Waals surface area contributed by atoms with Gasteiger partial charge < -0.3 is 30.5 Å². The number of hydrogen-bond donors (Lipinski definition) is 3. The number of carbonyl (C=O) groups is 3. The molecule has 4 aliphatic rings. The molecule has 0 bridgehead atoms. The second-order valence-electron chi connectivity index (χ2n) is 12.6. The van der Waals surface area contributed by atoms with Gasteiger partial charge in [-0.15, -0.1) is 0 Å². The van der Waals surface area contributed by atoms with Crippen LogP contribution in [0.5, 0.6) is 5.75 Å². The summed E-state index contributed by atoms with van der Waals surface area (Å²) in [6.45, 7) is 3.40. The van der Waals surface area contributed by atoms with Gasteiger partial charge in [0.2, 0.25) is 11.8 Å². The summed E-state index contributed by atoms with van der Waals surface area (Å²) >= 11 is 0. The fourth-order valence-corrected chi connectivity index (χ4v) is 7.66. The van der Waals surface area contributed by atoms with E-state index < -0.39 is 12.1 Å². The molecule has 0 unspecified atom stereocenters. The molecule has 1 aliphatic carbocycles. The van der Waals surface area contributed by atoms with Crippen molar-refractivity contribution in [3.63, 3.8) is 0 Å². The van der Waals surface area contributed by atoms with Crippen LogP contribution in [0, 0.1) is 5.92 Å². The lowest BCUT2D eigenvalue weighted by atomic mass is 9.82. The zero-order valence-electron chi connectivity index (χ0n) is 25.5. The van der Waals surface area contributed by atoms with Crippen LogP contribution in [0.1, 0.15) is 69.0 Å². The molecule has 0 aromatic heterocycles. The molecule has 43 heavy (non-hydrogen) atoms. The zero-order valence-corrected chi connectivity index (χ0v) is 25.5. The number of nitrogens with zero attached hydrogens (tertiary/aromatic N) is 2. The predicted octanol–water partition coefficient (Wildman–Crippen LogP) is 2.31. The van der Waals surface area contributed by atoms with E-state index in [2.05, 4.69) is 33.7 Å². The van der Waals surface area contributed by atoms with E-state index in [0.717, 1.165) is 55.5 Å². The fourth-order valence-electron chi connectivity index (χ4n) is 7.66. The molecule has 4 N–H and O–H groups in total. The number of fused-ring (bicyclic) bond motifs is 4. The van der Waals surface area contributed by atoms with Gasteiger partial charge in [-0.3, -0.25) is 14.4 Å². The number of nitrogens with one attached hydrogen (secondary N) is 2. The number of anilines is 1. The molecule has 1 saturated heterocycles. The van der Waals surface area contributed by atoms with Crippen LogP contribution in [-0.2, 0) is 20.8 Å². The first kappa shape index (κ1) is 29.5. The van der Waals surface area contributed by atoms with Crippen molar-refractivity contribution in [2.45, 2.75) is 88.5 Å². The predicted molar refractivity (Wildman–Crippen MR) is 165 cm³/mol. The van der Waals surface area contributed by atoms with Gasteiger partial charge in [-0.1, -0.05) is 62.6 Å². The lowest BCUT2D eigenvalue weighted by molar-refractivity contribution is -0.650. The molecular formula is C34H46N5O4+. The zero-order chi connectivity index (χ0) is 29.9.